The number of hydrogen-bond acceptors (Lipinski definition) is 5. The molecule has 0 aromatic carbocycles. The second kappa shape index (κ2) is 4.55. The Bertz CT molecular complexity index is 457. The van der Waals surface area contributed by atoms with E-state index in [0.717, 1.165) is 11.5 Å². The first-order valence-electron chi connectivity index (χ1n) is 4.36. The summed E-state index contributed by atoms with van der Waals surface area (Å²) in [6, 6.07) is 1.69. The van der Waals surface area contributed by atoms with Gasteiger partial charge in [0, 0.05) is 10.9 Å². The molecule has 0 aliphatic heterocycles. The highest BCUT2D eigenvalue weighted by molar-refractivity contribution is 7.09. The predicted octanol–water partition coefficient (Wildman–Crippen LogP) is 2.51. The second-order valence-electron chi connectivity index (χ2n) is 2.94. The van der Waals surface area contributed by atoms with Crippen LogP contribution in [-0.2, 0) is 6.54 Å². The SMILES string of the molecule is Cc1ncsc1CNc1cc(Cl)ncn1. The van der Waals surface area contributed by atoms with Crippen LogP contribution in [0, 0.1) is 6.92 Å². The van der Waals surface area contributed by atoms with Gasteiger partial charge in [0.1, 0.15) is 17.3 Å². The molecule has 2 aromatic heterocycles. The van der Waals surface area contributed by atoms with Crippen LogP contribution in [0.4, 0.5) is 5.82 Å². The minimum absolute atomic E-state index is 0.438. The van der Waals surface area contributed by atoms with Crippen LogP contribution in [0.15, 0.2) is 17.9 Å². The van der Waals surface area contributed by atoms with Gasteiger partial charge < -0.3 is 5.32 Å². The molecule has 0 saturated carbocycles. The Hall–Kier alpha value is -1.20. The summed E-state index contributed by atoms with van der Waals surface area (Å²) in [5.41, 5.74) is 2.88. The summed E-state index contributed by atoms with van der Waals surface area (Å²) in [4.78, 5) is 13.2. The minimum Gasteiger partial charge on any atom is -0.365 e. The molecule has 4 nitrogen and oxygen atoms in total. The van der Waals surface area contributed by atoms with E-state index in [2.05, 4.69) is 20.3 Å². The zero-order valence-corrected chi connectivity index (χ0v) is 9.64. The minimum atomic E-state index is 0.438. The summed E-state index contributed by atoms with van der Waals surface area (Å²) >= 11 is 7.36. The van der Waals surface area contributed by atoms with Crippen LogP contribution in [0.2, 0.25) is 5.15 Å². The van der Waals surface area contributed by atoms with Gasteiger partial charge in [-0.3, -0.25) is 0 Å². The van der Waals surface area contributed by atoms with Gasteiger partial charge in [-0.1, -0.05) is 11.6 Å². The molecule has 6 heteroatoms. The second-order valence-corrected chi connectivity index (χ2v) is 4.27. The van der Waals surface area contributed by atoms with Gasteiger partial charge >= 0.3 is 0 Å². The molecule has 0 aliphatic rings. The van der Waals surface area contributed by atoms with Gasteiger partial charge in [0.05, 0.1) is 17.7 Å². The van der Waals surface area contributed by atoms with Crippen molar-refractivity contribution in [3.05, 3.63) is 33.6 Å². The number of rotatable bonds is 3. The lowest BCUT2D eigenvalue weighted by molar-refractivity contribution is 1.07. The van der Waals surface area contributed by atoms with Crippen molar-refractivity contribution in [2.45, 2.75) is 13.5 Å². The van der Waals surface area contributed by atoms with E-state index in [1.54, 1.807) is 17.4 Å². The number of nitrogens with zero attached hydrogens (tertiary/aromatic N) is 3. The van der Waals surface area contributed by atoms with E-state index in [0.29, 0.717) is 11.7 Å². The van der Waals surface area contributed by atoms with Crippen LogP contribution in [0.1, 0.15) is 10.6 Å². The molecule has 0 amide bonds. The molecule has 0 atom stereocenters. The fourth-order valence-electron chi connectivity index (χ4n) is 1.10. The first-order valence-corrected chi connectivity index (χ1v) is 5.62. The first kappa shape index (κ1) is 10.3. The standard InChI is InChI=1S/C9H9ClN4S/c1-6-7(15-5-14-6)3-11-9-2-8(10)12-4-13-9/h2,4-5H,3H2,1H3,(H,11,12,13). The van der Waals surface area contributed by atoms with E-state index >= 15 is 0 Å². The number of thiazole rings is 1. The van der Waals surface area contributed by atoms with Crippen LogP contribution < -0.4 is 5.32 Å². The van der Waals surface area contributed by atoms with Crippen LogP contribution in [-0.4, -0.2) is 15.0 Å². The highest BCUT2D eigenvalue weighted by Gasteiger charge is 2.01. The predicted molar refractivity (Wildman–Crippen MR) is 61.2 cm³/mol. The summed E-state index contributed by atoms with van der Waals surface area (Å²) in [5, 5.41) is 3.60. The summed E-state index contributed by atoms with van der Waals surface area (Å²) in [7, 11) is 0. The van der Waals surface area contributed by atoms with Gasteiger partial charge in [0.2, 0.25) is 0 Å². The van der Waals surface area contributed by atoms with E-state index in [-0.39, 0.29) is 0 Å². The van der Waals surface area contributed by atoms with Crippen molar-refractivity contribution in [1.29, 1.82) is 0 Å². The van der Waals surface area contributed by atoms with Crippen LogP contribution in [0.25, 0.3) is 0 Å². The maximum absolute atomic E-state index is 5.74. The molecule has 0 unspecified atom stereocenters. The Morgan fingerprint density at radius 3 is 2.93 bits per heavy atom. The van der Waals surface area contributed by atoms with Crippen molar-refractivity contribution < 1.29 is 0 Å². The maximum atomic E-state index is 5.74. The first-order chi connectivity index (χ1) is 7.25. The van der Waals surface area contributed by atoms with Gasteiger partial charge in [-0.2, -0.15) is 0 Å². The Balaban J connectivity index is 2.02. The van der Waals surface area contributed by atoms with Gasteiger partial charge in [0.25, 0.3) is 0 Å². The summed E-state index contributed by atoms with van der Waals surface area (Å²) in [6.45, 7) is 2.70. The van der Waals surface area contributed by atoms with Crippen LogP contribution in [0.5, 0.6) is 0 Å². The van der Waals surface area contributed by atoms with Crippen molar-refractivity contribution in [3.63, 3.8) is 0 Å². The van der Waals surface area contributed by atoms with E-state index in [9.17, 15) is 0 Å². The topological polar surface area (TPSA) is 50.7 Å². The van der Waals surface area contributed by atoms with Gasteiger partial charge in [-0.15, -0.1) is 11.3 Å². The Labute approximate surface area is 96.4 Å². The molecule has 2 aromatic rings. The monoisotopic (exact) mass is 240 g/mol. The van der Waals surface area contributed by atoms with E-state index in [1.165, 1.54) is 11.2 Å². The molecule has 2 rings (SSSR count). The highest BCUT2D eigenvalue weighted by atomic mass is 35.5. The third-order valence-corrected chi connectivity index (χ3v) is 3.05. The number of aromatic nitrogens is 3. The molecular formula is C9H9ClN4S. The van der Waals surface area contributed by atoms with Gasteiger partial charge in [-0.05, 0) is 6.92 Å². The van der Waals surface area contributed by atoms with E-state index < -0.39 is 0 Å². The lowest BCUT2D eigenvalue weighted by atomic mass is 10.4. The highest BCUT2D eigenvalue weighted by Crippen LogP contribution is 2.15. The normalized spacial score (nSPS) is 10.3. The largest absolute Gasteiger partial charge is 0.365 e. The van der Waals surface area contributed by atoms with Crippen molar-refractivity contribution in [2.24, 2.45) is 0 Å². The lowest BCUT2D eigenvalue weighted by Crippen LogP contribution is -2.01. The molecule has 1 N–H and O–H groups in total. The van der Waals surface area contributed by atoms with Gasteiger partial charge in [-0.25, -0.2) is 15.0 Å². The molecule has 78 valence electrons. The maximum Gasteiger partial charge on any atom is 0.134 e. The van der Waals surface area contributed by atoms with Gasteiger partial charge in [0.15, 0.2) is 0 Å². The number of halogens is 1. The van der Waals surface area contributed by atoms with Crippen molar-refractivity contribution in [1.82, 2.24) is 15.0 Å². The van der Waals surface area contributed by atoms with Crippen molar-refractivity contribution in [3.8, 4) is 0 Å². The number of hydrogen-bond donors (Lipinski definition) is 1. The summed E-state index contributed by atoms with van der Waals surface area (Å²) in [6.07, 6.45) is 1.43. The molecule has 0 fully saturated rings. The summed E-state index contributed by atoms with van der Waals surface area (Å²) < 4.78 is 0. The quantitative estimate of drug-likeness (QED) is 0.838. The van der Waals surface area contributed by atoms with E-state index in [4.69, 9.17) is 11.6 Å². The molecule has 0 radical (unpaired) electrons. The average molecular weight is 241 g/mol. The van der Waals surface area contributed by atoms with Crippen molar-refractivity contribution >= 4 is 28.8 Å². The number of anilines is 1. The molecule has 15 heavy (non-hydrogen) atoms. The zero-order chi connectivity index (χ0) is 10.7. The molecule has 0 spiro atoms. The fourth-order valence-corrected chi connectivity index (χ4v) is 1.96. The molecule has 2 heterocycles. The fraction of sp³-hybridized carbons (Fsp3) is 0.222. The molecule has 0 aliphatic carbocycles. The molecule has 0 saturated heterocycles. The smallest absolute Gasteiger partial charge is 0.134 e. The lowest BCUT2D eigenvalue weighted by Gasteiger charge is -2.03. The van der Waals surface area contributed by atoms with Crippen LogP contribution in [0.3, 0.4) is 0 Å². The number of aryl methyl sites for hydroxylation is 1. The average Bonchev–Trinajstić information content (AvgIpc) is 2.61. The Morgan fingerprint density at radius 2 is 2.27 bits per heavy atom. The Morgan fingerprint density at radius 1 is 1.40 bits per heavy atom. The van der Waals surface area contributed by atoms with E-state index in [1.807, 2.05) is 12.4 Å². The molecule has 0 bridgehead atoms. The Kier molecular flexibility index (Phi) is 3.13. The summed E-state index contributed by atoms with van der Waals surface area (Å²) in [5.74, 6) is 0.725. The zero-order valence-electron chi connectivity index (χ0n) is 8.07. The molecular weight excluding hydrogens is 232 g/mol. The van der Waals surface area contributed by atoms with Crippen molar-refractivity contribution in [2.75, 3.05) is 5.32 Å². The third-order valence-electron chi connectivity index (χ3n) is 1.91. The van der Waals surface area contributed by atoms with Crippen LogP contribution >= 0.6 is 22.9 Å². The number of nitrogens with one attached hydrogen (secondary N) is 1. The third kappa shape index (κ3) is 2.64.